The molecule has 0 saturated carbocycles. The molecule has 2 heterocycles. The lowest BCUT2D eigenvalue weighted by molar-refractivity contribution is 0.0950. The van der Waals surface area contributed by atoms with Gasteiger partial charge in [-0.25, -0.2) is 0 Å². The lowest BCUT2D eigenvalue weighted by Gasteiger charge is -2.04. The molecule has 0 fully saturated rings. The molecular weight excluding hydrogens is 274 g/mol. The number of carbonyl (C=O) groups is 1. The third-order valence-electron chi connectivity index (χ3n) is 2.47. The van der Waals surface area contributed by atoms with E-state index in [-0.39, 0.29) is 11.7 Å². The summed E-state index contributed by atoms with van der Waals surface area (Å²) in [5.41, 5.74) is 6.52. The maximum atomic E-state index is 11.9. The highest BCUT2D eigenvalue weighted by Gasteiger charge is 2.08. The first kappa shape index (κ1) is 14.1. The fraction of sp³-hybridized carbons (Fsp3) is 0.143. The number of carbonyl (C=O) groups excluding carboxylic acids is 1. The Morgan fingerprint density at radius 1 is 1.50 bits per heavy atom. The zero-order valence-electron chi connectivity index (χ0n) is 10.6. The minimum atomic E-state index is -0.292. The SMILES string of the molecule is NCC#Cc1ccsc1CNC(=O)c1cncc(O)c1. The van der Waals surface area contributed by atoms with Crippen molar-refractivity contribution in [3.8, 4) is 17.6 Å². The van der Waals surface area contributed by atoms with Gasteiger partial charge in [-0.2, -0.15) is 0 Å². The van der Waals surface area contributed by atoms with Gasteiger partial charge in [0.2, 0.25) is 0 Å². The molecule has 0 unspecified atom stereocenters. The van der Waals surface area contributed by atoms with Crippen LogP contribution in [0.15, 0.2) is 29.9 Å². The highest BCUT2D eigenvalue weighted by molar-refractivity contribution is 7.10. The van der Waals surface area contributed by atoms with Crippen LogP contribution in [0.2, 0.25) is 0 Å². The first-order valence-electron chi connectivity index (χ1n) is 5.88. The number of aromatic hydroxyl groups is 1. The summed E-state index contributed by atoms with van der Waals surface area (Å²) in [7, 11) is 0. The minimum Gasteiger partial charge on any atom is -0.506 e. The van der Waals surface area contributed by atoms with Crippen molar-refractivity contribution in [3.05, 3.63) is 45.9 Å². The predicted molar refractivity (Wildman–Crippen MR) is 77.3 cm³/mol. The fourth-order valence-electron chi connectivity index (χ4n) is 1.55. The van der Waals surface area contributed by atoms with Crippen molar-refractivity contribution in [1.82, 2.24) is 10.3 Å². The van der Waals surface area contributed by atoms with Gasteiger partial charge in [0.15, 0.2) is 0 Å². The van der Waals surface area contributed by atoms with Crippen LogP contribution in [-0.4, -0.2) is 22.5 Å². The molecule has 0 spiro atoms. The highest BCUT2D eigenvalue weighted by atomic mass is 32.1. The maximum Gasteiger partial charge on any atom is 0.253 e. The molecule has 0 saturated heterocycles. The number of nitrogens with one attached hydrogen (secondary N) is 1. The van der Waals surface area contributed by atoms with Crippen molar-refractivity contribution in [2.24, 2.45) is 5.73 Å². The summed E-state index contributed by atoms with van der Waals surface area (Å²) in [5, 5.41) is 14.0. The molecule has 0 aliphatic heterocycles. The number of amides is 1. The molecule has 0 radical (unpaired) electrons. The Balaban J connectivity index is 2.02. The monoisotopic (exact) mass is 287 g/mol. The van der Waals surface area contributed by atoms with Gasteiger partial charge in [-0.1, -0.05) is 11.8 Å². The molecule has 102 valence electrons. The maximum absolute atomic E-state index is 11.9. The first-order valence-corrected chi connectivity index (χ1v) is 6.76. The van der Waals surface area contributed by atoms with Crippen molar-refractivity contribution in [3.63, 3.8) is 0 Å². The average Bonchev–Trinajstić information content (AvgIpc) is 2.90. The summed E-state index contributed by atoms with van der Waals surface area (Å²) >= 11 is 1.52. The molecule has 5 nitrogen and oxygen atoms in total. The largest absolute Gasteiger partial charge is 0.506 e. The second-order valence-electron chi connectivity index (χ2n) is 3.88. The van der Waals surface area contributed by atoms with Gasteiger partial charge in [0.1, 0.15) is 5.75 Å². The molecule has 0 aliphatic rings. The van der Waals surface area contributed by atoms with E-state index >= 15 is 0 Å². The van der Waals surface area contributed by atoms with Crippen LogP contribution in [0.1, 0.15) is 20.8 Å². The molecule has 2 rings (SSSR count). The Hall–Kier alpha value is -2.36. The van der Waals surface area contributed by atoms with Gasteiger partial charge in [0, 0.05) is 16.6 Å². The van der Waals surface area contributed by atoms with Gasteiger partial charge in [-0.05, 0) is 17.5 Å². The number of aromatic nitrogens is 1. The van der Waals surface area contributed by atoms with Gasteiger partial charge in [0.05, 0.1) is 24.8 Å². The van der Waals surface area contributed by atoms with E-state index in [1.165, 1.54) is 29.8 Å². The van der Waals surface area contributed by atoms with Gasteiger partial charge < -0.3 is 16.2 Å². The molecule has 6 heteroatoms. The van der Waals surface area contributed by atoms with Crippen LogP contribution in [0, 0.1) is 11.8 Å². The molecule has 0 aromatic carbocycles. The Morgan fingerprint density at radius 3 is 3.10 bits per heavy atom. The number of hydrogen-bond acceptors (Lipinski definition) is 5. The van der Waals surface area contributed by atoms with Crippen LogP contribution in [-0.2, 0) is 6.54 Å². The Bertz CT molecular complexity index is 670. The van der Waals surface area contributed by atoms with Crippen LogP contribution in [0.3, 0.4) is 0 Å². The van der Waals surface area contributed by atoms with Crippen LogP contribution in [0.25, 0.3) is 0 Å². The van der Waals surface area contributed by atoms with E-state index in [2.05, 4.69) is 22.1 Å². The lowest BCUT2D eigenvalue weighted by Crippen LogP contribution is -2.22. The van der Waals surface area contributed by atoms with E-state index in [0.29, 0.717) is 18.7 Å². The zero-order chi connectivity index (χ0) is 14.4. The third-order valence-corrected chi connectivity index (χ3v) is 3.39. The molecule has 0 aliphatic carbocycles. The van der Waals surface area contributed by atoms with Gasteiger partial charge in [0.25, 0.3) is 5.91 Å². The standard InChI is InChI=1S/C14H13N3O2S/c15-4-1-2-10-3-5-20-13(10)9-17-14(19)11-6-12(18)8-16-7-11/h3,5-8,18H,4,9,15H2,(H,17,19). The summed E-state index contributed by atoms with van der Waals surface area (Å²) in [4.78, 5) is 16.6. The highest BCUT2D eigenvalue weighted by Crippen LogP contribution is 2.16. The smallest absolute Gasteiger partial charge is 0.253 e. The van der Waals surface area contributed by atoms with E-state index in [1.54, 1.807) is 0 Å². The van der Waals surface area contributed by atoms with Crippen LogP contribution in [0.5, 0.6) is 5.75 Å². The number of thiophene rings is 1. The van der Waals surface area contributed by atoms with Crippen LogP contribution >= 0.6 is 11.3 Å². The Kier molecular flexibility index (Phi) is 4.71. The molecular formula is C14H13N3O2S. The summed E-state index contributed by atoms with van der Waals surface area (Å²) in [6.45, 7) is 0.678. The van der Waals surface area contributed by atoms with Gasteiger partial charge in [-0.3, -0.25) is 9.78 Å². The fourth-order valence-corrected chi connectivity index (χ4v) is 2.32. The Morgan fingerprint density at radius 2 is 2.35 bits per heavy atom. The predicted octanol–water partition coefficient (Wildman–Crippen LogP) is 1.09. The molecule has 2 aromatic rings. The van der Waals surface area contributed by atoms with Crippen molar-refractivity contribution in [1.29, 1.82) is 0 Å². The summed E-state index contributed by atoms with van der Waals surface area (Å²) in [6.07, 6.45) is 2.68. The van der Waals surface area contributed by atoms with Crippen molar-refractivity contribution in [2.75, 3.05) is 6.54 Å². The topological polar surface area (TPSA) is 88.2 Å². The number of nitrogens with two attached hydrogens (primary N) is 1. The minimum absolute atomic E-state index is 0.0386. The molecule has 0 bridgehead atoms. The quantitative estimate of drug-likeness (QED) is 0.737. The second kappa shape index (κ2) is 6.70. The normalized spacial score (nSPS) is 9.65. The van der Waals surface area contributed by atoms with E-state index in [0.717, 1.165) is 10.4 Å². The summed E-state index contributed by atoms with van der Waals surface area (Å²) < 4.78 is 0. The number of pyridine rings is 1. The summed E-state index contributed by atoms with van der Waals surface area (Å²) in [6, 6.07) is 3.26. The average molecular weight is 287 g/mol. The molecule has 4 N–H and O–H groups in total. The molecule has 0 atom stereocenters. The van der Waals surface area contributed by atoms with E-state index in [9.17, 15) is 9.90 Å². The number of rotatable bonds is 3. The van der Waals surface area contributed by atoms with E-state index in [1.807, 2.05) is 11.4 Å². The Labute approximate surface area is 120 Å². The molecule has 2 aromatic heterocycles. The van der Waals surface area contributed by atoms with E-state index < -0.39 is 0 Å². The van der Waals surface area contributed by atoms with Gasteiger partial charge >= 0.3 is 0 Å². The summed E-state index contributed by atoms with van der Waals surface area (Å²) in [5.74, 6) is 5.41. The van der Waals surface area contributed by atoms with Crippen LogP contribution < -0.4 is 11.1 Å². The van der Waals surface area contributed by atoms with Crippen molar-refractivity contribution in [2.45, 2.75) is 6.54 Å². The number of hydrogen-bond donors (Lipinski definition) is 3. The van der Waals surface area contributed by atoms with E-state index in [4.69, 9.17) is 5.73 Å². The number of nitrogens with zero attached hydrogens (tertiary/aromatic N) is 1. The van der Waals surface area contributed by atoms with Crippen molar-refractivity contribution >= 4 is 17.2 Å². The van der Waals surface area contributed by atoms with Crippen molar-refractivity contribution < 1.29 is 9.90 Å². The second-order valence-corrected chi connectivity index (χ2v) is 4.88. The molecule has 20 heavy (non-hydrogen) atoms. The third kappa shape index (κ3) is 3.57. The molecule has 1 amide bonds. The van der Waals surface area contributed by atoms with Crippen LogP contribution in [0.4, 0.5) is 0 Å². The van der Waals surface area contributed by atoms with Gasteiger partial charge in [-0.15, -0.1) is 11.3 Å². The zero-order valence-corrected chi connectivity index (χ0v) is 11.4. The first-order chi connectivity index (χ1) is 9.70. The lowest BCUT2D eigenvalue weighted by atomic mass is 10.2.